The molecule has 0 aliphatic carbocycles. The number of carbonyl (C=O) groups excluding carboxylic acids is 1. The van der Waals surface area contributed by atoms with Crippen LogP contribution in [0.4, 0.5) is 0 Å². The number of hydrogen-bond acceptors (Lipinski definition) is 4. The summed E-state index contributed by atoms with van der Waals surface area (Å²) in [5, 5.41) is 7.51. The third kappa shape index (κ3) is 2.95. The van der Waals surface area contributed by atoms with Crippen LogP contribution in [0.1, 0.15) is 55.8 Å². The first-order valence-electron chi connectivity index (χ1n) is 8.11. The number of nitrogens with one attached hydrogen (secondary N) is 1. The first-order valence-corrected chi connectivity index (χ1v) is 8.11. The number of ether oxygens (including phenoxy) is 1. The SMILES string of the molecule is CNC(=O)c1ccc2c(n1)c(C(C)(C)C)nn2C1CCOCC1. The van der Waals surface area contributed by atoms with Gasteiger partial charge in [-0.25, -0.2) is 4.98 Å². The Bertz CT molecular complexity index is 724. The van der Waals surface area contributed by atoms with Crippen molar-refractivity contribution in [3.8, 4) is 0 Å². The Morgan fingerprint density at radius 1 is 1.30 bits per heavy atom. The topological polar surface area (TPSA) is 69.0 Å². The van der Waals surface area contributed by atoms with E-state index < -0.39 is 0 Å². The quantitative estimate of drug-likeness (QED) is 0.924. The molecule has 23 heavy (non-hydrogen) atoms. The summed E-state index contributed by atoms with van der Waals surface area (Å²) >= 11 is 0. The predicted molar refractivity (Wildman–Crippen MR) is 88.7 cm³/mol. The van der Waals surface area contributed by atoms with Gasteiger partial charge in [-0.15, -0.1) is 0 Å². The van der Waals surface area contributed by atoms with Crippen molar-refractivity contribution >= 4 is 16.9 Å². The van der Waals surface area contributed by atoms with Crippen LogP contribution in [0, 0.1) is 0 Å². The zero-order valence-electron chi connectivity index (χ0n) is 14.2. The second-order valence-corrected chi connectivity index (χ2v) is 7.03. The molecule has 0 radical (unpaired) electrons. The maximum absolute atomic E-state index is 11.9. The third-order valence-corrected chi connectivity index (χ3v) is 4.26. The molecule has 0 saturated carbocycles. The molecule has 1 saturated heterocycles. The van der Waals surface area contributed by atoms with E-state index in [0.717, 1.165) is 42.8 Å². The molecule has 3 rings (SSSR count). The summed E-state index contributed by atoms with van der Waals surface area (Å²) in [6.07, 6.45) is 1.91. The summed E-state index contributed by atoms with van der Waals surface area (Å²) in [7, 11) is 1.62. The molecule has 0 atom stereocenters. The molecule has 124 valence electrons. The second-order valence-electron chi connectivity index (χ2n) is 7.03. The Hall–Kier alpha value is -1.95. The van der Waals surface area contributed by atoms with Crippen molar-refractivity contribution in [3.05, 3.63) is 23.5 Å². The summed E-state index contributed by atoms with van der Waals surface area (Å²) in [6, 6.07) is 4.06. The maximum Gasteiger partial charge on any atom is 0.269 e. The van der Waals surface area contributed by atoms with Crippen LogP contribution < -0.4 is 5.32 Å². The van der Waals surface area contributed by atoms with Gasteiger partial charge in [0.25, 0.3) is 5.91 Å². The molecule has 1 amide bonds. The third-order valence-electron chi connectivity index (χ3n) is 4.26. The number of amides is 1. The van der Waals surface area contributed by atoms with E-state index in [2.05, 4.69) is 35.8 Å². The monoisotopic (exact) mass is 316 g/mol. The molecule has 2 aromatic rings. The Kier molecular flexibility index (Phi) is 4.10. The van der Waals surface area contributed by atoms with Crippen molar-refractivity contribution < 1.29 is 9.53 Å². The normalized spacial score (nSPS) is 16.7. The highest BCUT2D eigenvalue weighted by Crippen LogP contribution is 2.32. The van der Waals surface area contributed by atoms with E-state index in [4.69, 9.17) is 9.84 Å². The van der Waals surface area contributed by atoms with E-state index in [9.17, 15) is 4.79 Å². The van der Waals surface area contributed by atoms with Crippen LogP contribution in [-0.2, 0) is 10.2 Å². The minimum Gasteiger partial charge on any atom is -0.381 e. The molecule has 0 unspecified atom stereocenters. The Balaban J connectivity index is 2.16. The zero-order valence-corrected chi connectivity index (χ0v) is 14.2. The lowest BCUT2D eigenvalue weighted by Crippen LogP contribution is -2.21. The summed E-state index contributed by atoms with van der Waals surface area (Å²) in [5.41, 5.74) is 3.05. The van der Waals surface area contributed by atoms with E-state index in [0.29, 0.717) is 11.7 Å². The molecule has 6 nitrogen and oxygen atoms in total. The van der Waals surface area contributed by atoms with Crippen LogP contribution in [0.25, 0.3) is 11.0 Å². The molecule has 0 aromatic carbocycles. The van der Waals surface area contributed by atoms with Gasteiger partial charge >= 0.3 is 0 Å². The van der Waals surface area contributed by atoms with Gasteiger partial charge in [-0.05, 0) is 25.0 Å². The van der Waals surface area contributed by atoms with Crippen molar-refractivity contribution in [2.75, 3.05) is 20.3 Å². The molecule has 6 heteroatoms. The second kappa shape index (κ2) is 5.92. The van der Waals surface area contributed by atoms with E-state index in [1.165, 1.54) is 0 Å². The molecular weight excluding hydrogens is 292 g/mol. The van der Waals surface area contributed by atoms with Crippen LogP contribution in [0.15, 0.2) is 12.1 Å². The standard InChI is InChI=1S/C17H24N4O2/c1-17(2,3)15-14-13(6-5-12(19-14)16(22)18-4)21(20-15)11-7-9-23-10-8-11/h5-6,11H,7-10H2,1-4H3,(H,18,22). The molecule has 3 heterocycles. The fourth-order valence-corrected chi connectivity index (χ4v) is 2.99. The number of pyridine rings is 1. The van der Waals surface area contributed by atoms with Gasteiger partial charge < -0.3 is 10.1 Å². The molecule has 1 aliphatic rings. The van der Waals surface area contributed by atoms with E-state index >= 15 is 0 Å². The van der Waals surface area contributed by atoms with Gasteiger partial charge in [0.2, 0.25) is 0 Å². The smallest absolute Gasteiger partial charge is 0.269 e. The van der Waals surface area contributed by atoms with Crippen molar-refractivity contribution in [3.63, 3.8) is 0 Å². The minimum atomic E-state index is -0.175. The highest BCUT2D eigenvalue weighted by molar-refractivity contribution is 5.94. The lowest BCUT2D eigenvalue weighted by atomic mass is 9.91. The highest BCUT2D eigenvalue weighted by Gasteiger charge is 2.27. The molecule has 2 aromatic heterocycles. The molecule has 0 spiro atoms. The lowest BCUT2D eigenvalue weighted by Gasteiger charge is -2.23. The van der Waals surface area contributed by atoms with Gasteiger partial charge in [-0.3, -0.25) is 9.48 Å². The summed E-state index contributed by atoms with van der Waals surface area (Å²) in [5.74, 6) is -0.175. The Morgan fingerprint density at radius 3 is 2.61 bits per heavy atom. The molecule has 1 fully saturated rings. The van der Waals surface area contributed by atoms with Gasteiger partial charge in [0.1, 0.15) is 11.2 Å². The number of fused-ring (bicyclic) bond motifs is 1. The summed E-state index contributed by atoms with van der Waals surface area (Å²) in [6.45, 7) is 7.90. The van der Waals surface area contributed by atoms with Crippen LogP contribution in [0.2, 0.25) is 0 Å². The van der Waals surface area contributed by atoms with Crippen molar-refractivity contribution in [1.82, 2.24) is 20.1 Å². The average molecular weight is 316 g/mol. The molecule has 1 N–H and O–H groups in total. The van der Waals surface area contributed by atoms with Crippen molar-refractivity contribution in [2.45, 2.75) is 45.1 Å². The minimum absolute atomic E-state index is 0.136. The first kappa shape index (κ1) is 15.9. The largest absolute Gasteiger partial charge is 0.381 e. The van der Waals surface area contributed by atoms with Crippen LogP contribution in [-0.4, -0.2) is 40.9 Å². The summed E-state index contributed by atoms with van der Waals surface area (Å²) < 4.78 is 7.55. The van der Waals surface area contributed by atoms with Gasteiger partial charge in [0.15, 0.2) is 0 Å². The molecular formula is C17H24N4O2. The van der Waals surface area contributed by atoms with Crippen molar-refractivity contribution in [1.29, 1.82) is 0 Å². The lowest BCUT2D eigenvalue weighted by molar-refractivity contribution is 0.0672. The highest BCUT2D eigenvalue weighted by atomic mass is 16.5. The van der Waals surface area contributed by atoms with Crippen LogP contribution in [0.5, 0.6) is 0 Å². The van der Waals surface area contributed by atoms with Crippen LogP contribution in [0.3, 0.4) is 0 Å². The number of aromatic nitrogens is 3. The zero-order chi connectivity index (χ0) is 16.6. The molecule has 0 bridgehead atoms. The summed E-state index contributed by atoms with van der Waals surface area (Å²) in [4.78, 5) is 16.5. The fourth-order valence-electron chi connectivity index (χ4n) is 2.99. The molecule has 1 aliphatic heterocycles. The predicted octanol–water partition coefficient (Wildman–Crippen LogP) is 2.44. The van der Waals surface area contributed by atoms with E-state index in [-0.39, 0.29) is 11.3 Å². The number of nitrogens with zero attached hydrogens (tertiary/aromatic N) is 3. The van der Waals surface area contributed by atoms with Gasteiger partial charge in [0, 0.05) is 25.7 Å². The average Bonchev–Trinajstić information content (AvgIpc) is 2.93. The first-order chi connectivity index (χ1) is 10.9. The van der Waals surface area contributed by atoms with E-state index in [1.54, 1.807) is 13.1 Å². The number of hydrogen-bond donors (Lipinski definition) is 1. The fraction of sp³-hybridized carbons (Fsp3) is 0.588. The number of carbonyl (C=O) groups is 1. The van der Waals surface area contributed by atoms with Gasteiger partial charge in [-0.1, -0.05) is 20.8 Å². The Labute approximate surface area is 136 Å². The number of rotatable bonds is 2. The van der Waals surface area contributed by atoms with Gasteiger partial charge in [-0.2, -0.15) is 5.10 Å². The van der Waals surface area contributed by atoms with E-state index in [1.807, 2.05) is 6.07 Å². The van der Waals surface area contributed by atoms with Crippen LogP contribution >= 0.6 is 0 Å². The maximum atomic E-state index is 11.9. The Morgan fingerprint density at radius 2 is 2.00 bits per heavy atom. The van der Waals surface area contributed by atoms with Crippen molar-refractivity contribution in [2.24, 2.45) is 0 Å². The van der Waals surface area contributed by atoms with Gasteiger partial charge in [0.05, 0.1) is 17.3 Å².